The Morgan fingerprint density at radius 2 is 1.87 bits per heavy atom. The van der Waals surface area contributed by atoms with Crippen molar-refractivity contribution >= 4 is 0 Å². The van der Waals surface area contributed by atoms with Gasteiger partial charge in [0.1, 0.15) is 5.75 Å². The fraction of sp³-hybridized carbons (Fsp3) is 0.455. The summed E-state index contributed by atoms with van der Waals surface area (Å²) >= 11 is 0. The van der Waals surface area contributed by atoms with Crippen LogP contribution in [0.2, 0.25) is 0 Å². The van der Waals surface area contributed by atoms with E-state index in [1.165, 1.54) is 25.1 Å². The number of phenols is 1. The van der Waals surface area contributed by atoms with Crippen LogP contribution >= 0.6 is 0 Å². The van der Waals surface area contributed by atoms with Gasteiger partial charge in [0.2, 0.25) is 0 Å². The molecule has 0 heterocycles. The fourth-order valence-electron chi connectivity index (χ4n) is 1.52. The zero-order valence-corrected chi connectivity index (χ0v) is 8.60. The quantitative estimate of drug-likeness (QED) is 0.821. The summed E-state index contributed by atoms with van der Waals surface area (Å²) in [5, 5.41) is 9.13. The van der Waals surface area contributed by atoms with E-state index in [1.807, 2.05) is 0 Å². The molecule has 1 nitrogen and oxygen atoms in total. The molecule has 0 fully saturated rings. The minimum atomic E-state index is -3.48. The Bertz CT molecular complexity index is 346. The molecule has 1 N–H and O–H groups in total. The highest BCUT2D eigenvalue weighted by Gasteiger charge is 2.50. The van der Waals surface area contributed by atoms with Gasteiger partial charge in [0.25, 0.3) is 5.92 Å². The summed E-state index contributed by atoms with van der Waals surface area (Å²) in [4.78, 5) is 0. The van der Waals surface area contributed by atoms with E-state index in [2.05, 4.69) is 0 Å². The number of hydrogen-bond acceptors (Lipinski definition) is 1. The molecule has 15 heavy (non-hydrogen) atoms. The van der Waals surface area contributed by atoms with Gasteiger partial charge in [-0.25, -0.2) is 13.2 Å². The number of alkyl halides is 3. The largest absolute Gasteiger partial charge is 0.508 e. The van der Waals surface area contributed by atoms with E-state index in [4.69, 9.17) is 5.11 Å². The predicted molar refractivity (Wildman–Crippen MR) is 51.8 cm³/mol. The maximum atomic E-state index is 14.1. The van der Waals surface area contributed by atoms with Crippen LogP contribution < -0.4 is 0 Å². The first-order valence-corrected chi connectivity index (χ1v) is 4.67. The first-order chi connectivity index (χ1) is 6.81. The molecule has 0 saturated heterocycles. The lowest BCUT2D eigenvalue weighted by Gasteiger charge is -2.30. The number of aromatic hydroxyl groups is 1. The molecule has 4 heteroatoms. The topological polar surface area (TPSA) is 20.2 Å². The Morgan fingerprint density at radius 3 is 2.27 bits per heavy atom. The summed E-state index contributed by atoms with van der Waals surface area (Å²) in [6.07, 6.45) is -0.347. The standard InChI is InChI=1S/C11H13F3O/c1-3-11(14,10(2,12)13)8-5-4-6-9(15)7-8/h4-7,15H,3H2,1-2H3. The van der Waals surface area contributed by atoms with Crippen LogP contribution in [-0.2, 0) is 5.67 Å². The van der Waals surface area contributed by atoms with Crippen LogP contribution in [0, 0.1) is 0 Å². The van der Waals surface area contributed by atoms with Gasteiger partial charge in [-0.05, 0) is 24.1 Å². The molecule has 84 valence electrons. The Labute approximate surface area is 86.5 Å². The maximum Gasteiger partial charge on any atom is 0.282 e. The van der Waals surface area contributed by atoms with Crippen LogP contribution in [0.4, 0.5) is 13.2 Å². The lowest BCUT2D eigenvalue weighted by atomic mass is 9.87. The van der Waals surface area contributed by atoms with Crippen LogP contribution in [0.5, 0.6) is 5.75 Å². The minimum absolute atomic E-state index is 0.197. The lowest BCUT2D eigenvalue weighted by Crippen LogP contribution is -2.38. The number of hydrogen-bond donors (Lipinski definition) is 1. The number of halogens is 3. The summed E-state index contributed by atoms with van der Waals surface area (Å²) in [6.45, 7) is 1.89. The van der Waals surface area contributed by atoms with Crippen molar-refractivity contribution in [3.05, 3.63) is 29.8 Å². The molecule has 0 spiro atoms. The average Bonchev–Trinajstić information content (AvgIpc) is 2.14. The second kappa shape index (κ2) is 3.76. The third kappa shape index (κ3) is 2.08. The van der Waals surface area contributed by atoms with Crippen LogP contribution in [0.3, 0.4) is 0 Å². The van der Waals surface area contributed by atoms with Crippen molar-refractivity contribution in [3.8, 4) is 5.75 Å². The number of rotatable bonds is 3. The van der Waals surface area contributed by atoms with Crippen molar-refractivity contribution in [1.82, 2.24) is 0 Å². The van der Waals surface area contributed by atoms with Crippen LogP contribution in [0.25, 0.3) is 0 Å². The molecule has 0 aliphatic carbocycles. The summed E-state index contributed by atoms with van der Waals surface area (Å²) in [6, 6.07) is 4.94. The van der Waals surface area contributed by atoms with Gasteiger partial charge >= 0.3 is 0 Å². The number of benzene rings is 1. The Hall–Kier alpha value is -1.19. The molecule has 1 unspecified atom stereocenters. The first kappa shape index (κ1) is 11.9. The minimum Gasteiger partial charge on any atom is -0.508 e. The van der Waals surface area contributed by atoms with Crippen LogP contribution in [0.1, 0.15) is 25.8 Å². The summed E-state index contributed by atoms with van der Waals surface area (Å²) in [5.74, 6) is -3.69. The van der Waals surface area contributed by atoms with Crippen molar-refractivity contribution in [2.45, 2.75) is 31.9 Å². The molecule has 1 aromatic carbocycles. The third-order valence-corrected chi connectivity index (χ3v) is 2.49. The van der Waals surface area contributed by atoms with E-state index in [1.54, 1.807) is 0 Å². The van der Waals surface area contributed by atoms with Gasteiger partial charge in [-0.1, -0.05) is 19.1 Å². The normalized spacial score (nSPS) is 16.1. The smallest absolute Gasteiger partial charge is 0.282 e. The maximum absolute atomic E-state index is 14.1. The highest BCUT2D eigenvalue weighted by atomic mass is 19.3. The summed E-state index contributed by atoms with van der Waals surface area (Å²) < 4.78 is 40.3. The second-order valence-corrected chi connectivity index (χ2v) is 3.59. The van der Waals surface area contributed by atoms with Gasteiger partial charge in [-0.3, -0.25) is 0 Å². The lowest BCUT2D eigenvalue weighted by molar-refractivity contribution is -0.131. The van der Waals surface area contributed by atoms with E-state index in [9.17, 15) is 13.2 Å². The van der Waals surface area contributed by atoms with Crippen molar-refractivity contribution in [2.75, 3.05) is 0 Å². The van der Waals surface area contributed by atoms with E-state index in [-0.39, 0.29) is 17.7 Å². The molecule has 0 bridgehead atoms. The van der Waals surface area contributed by atoms with Gasteiger partial charge in [0.15, 0.2) is 5.67 Å². The molecule has 1 rings (SSSR count). The van der Waals surface area contributed by atoms with E-state index in [0.717, 1.165) is 6.07 Å². The summed E-state index contributed by atoms with van der Waals surface area (Å²) in [5.41, 5.74) is -2.93. The summed E-state index contributed by atoms with van der Waals surface area (Å²) in [7, 11) is 0. The average molecular weight is 218 g/mol. The molecule has 0 saturated carbocycles. The molecule has 0 aromatic heterocycles. The first-order valence-electron chi connectivity index (χ1n) is 4.67. The van der Waals surface area contributed by atoms with Gasteiger partial charge in [-0.15, -0.1) is 0 Å². The zero-order chi connectivity index (χ0) is 11.7. The third-order valence-electron chi connectivity index (χ3n) is 2.49. The SMILES string of the molecule is CCC(F)(c1cccc(O)c1)C(C)(F)F. The molecular formula is C11H13F3O. The van der Waals surface area contributed by atoms with E-state index in [0.29, 0.717) is 6.92 Å². The van der Waals surface area contributed by atoms with Gasteiger partial charge in [-0.2, -0.15) is 0 Å². The Morgan fingerprint density at radius 1 is 1.27 bits per heavy atom. The zero-order valence-electron chi connectivity index (χ0n) is 8.60. The highest BCUT2D eigenvalue weighted by molar-refractivity contribution is 5.32. The van der Waals surface area contributed by atoms with Crippen molar-refractivity contribution in [2.24, 2.45) is 0 Å². The van der Waals surface area contributed by atoms with Crippen molar-refractivity contribution in [3.63, 3.8) is 0 Å². The molecule has 0 radical (unpaired) electrons. The molecule has 0 aliphatic rings. The van der Waals surface area contributed by atoms with Gasteiger partial charge in [0.05, 0.1) is 0 Å². The highest BCUT2D eigenvalue weighted by Crippen LogP contribution is 2.44. The fourth-order valence-corrected chi connectivity index (χ4v) is 1.52. The molecule has 1 aromatic rings. The molecule has 1 atom stereocenters. The van der Waals surface area contributed by atoms with Gasteiger partial charge < -0.3 is 5.11 Å². The monoisotopic (exact) mass is 218 g/mol. The van der Waals surface area contributed by atoms with Gasteiger partial charge in [0, 0.05) is 6.92 Å². The second-order valence-electron chi connectivity index (χ2n) is 3.59. The Balaban J connectivity index is 3.23. The number of phenolic OH excluding ortho intramolecular Hbond substituents is 1. The van der Waals surface area contributed by atoms with Crippen molar-refractivity contribution < 1.29 is 18.3 Å². The van der Waals surface area contributed by atoms with Crippen LogP contribution in [-0.4, -0.2) is 11.0 Å². The molecule has 0 amide bonds. The molecule has 0 aliphatic heterocycles. The predicted octanol–water partition coefficient (Wildman–Crippen LogP) is 3.62. The molecular weight excluding hydrogens is 205 g/mol. The van der Waals surface area contributed by atoms with E-state index < -0.39 is 11.6 Å². The Kier molecular flexibility index (Phi) is 2.98. The van der Waals surface area contributed by atoms with E-state index >= 15 is 0 Å². The van der Waals surface area contributed by atoms with Crippen molar-refractivity contribution in [1.29, 1.82) is 0 Å². The van der Waals surface area contributed by atoms with Crippen LogP contribution in [0.15, 0.2) is 24.3 Å².